The molecular formula is C26H26Cl2N4O3. The van der Waals surface area contributed by atoms with Crippen LogP contribution in [0.3, 0.4) is 0 Å². The van der Waals surface area contributed by atoms with Crippen LogP contribution in [0.4, 0.5) is 5.69 Å². The summed E-state index contributed by atoms with van der Waals surface area (Å²) in [6, 6.07) is 7.07. The van der Waals surface area contributed by atoms with Gasteiger partial charge >= 0.3 is 0 Å². The van der Waals surface area contributed by atoms with Gasteiger partial charge in [0.15, 0.2) is 11.2 Å². The van der Waals surface area contributed by atoms with Crippen molar-refractivity contribution in [3.05, 3.63) is 74.1 Å². The van der Waals surface area contributed by atoms with Crippen molar-refractivity contribution in [3.8, 4) is 5.88 Å². The Labute approximate surface area is 213 Å². The number of ether oxygens (including phenoxy) is 1. The molecule has 0 radical (unpaired) electrons. The summed E-state index contributed by atoms with van der Waals surface area (Å²) in [5, 5.41) is 8.94. The van der Waals surface area contributed by atoms with E-state index in [9.17, 15) is 9.59 Å². The van der Waals surface area contributed by atoms with Crippen LogP contribution in [0.25, 0.3) is 10.9 Å². The standard InChI is InChI=1S/C26H26Cl2N4O3/c1-3-17(12-29)13-31-14-20(16(2)33)25(34)19-10-22(28)24(11-23(19)31)32-9-5-6-18(32)15-35-26-21(27)7-4-8-30-26/h3-4,7-8,10-12,14,18,29H,5-6,9,13,15H2,1-2H3/b17-3+,29-12?. The zero-order valence-corrected chi connectivity index (χ0v) is 21.1. The van der Waals surface area contributed by atoms with Crippen LogP contribution < -0.4 is 15.1 Å². The number of rotatable bonds is 8. The molecule has 0 saturated carbocycles. The van der Waals surface area contributed by atoms with Crippen molar-refractivity contribution in [1.82, 2.24) is 9.55 Å². The van der Waals surface area contributed by atoms with Gasteiger partial charge in [0.25, 0.3) is 0 Å². The number of carbonyl (C=O) groups excluding carboxylic acids is 1. The van der Waals surface area contributed by atoms with E-state index < -0.39 is 0 Å². The van der Waals surface area contributed by atoms with E-state index in [1.165, 1.54) is 13.1 Å². The first-order valence-corrected chi connectivity index (χ1v) is 12.1. The van der Waals surface area contributed by atoms with Crippen LogP contribution in [0.15, 0.2) is 53.1 Å². The lowest BCUT2D eigenvalue weighted by Gasteiger charge is -2.28. The van der Waals surface area contributed by atoms with Crippen LogP contribution in [0.2, 0.25) is 10.0 Å². The number of nitrogens with one attached hydrogen (secondary N) is 1. The number of hydrogen-bond donors (Lipinski definition) is 1. The second-order valence-electron chi connectivity index (χ2n) is 8.48. The van der Waals surface area contributed by atoms with E-state index in [-0.39, 0.29) is 22.8 Å². The fourth-order valence-electron chi connectivity index (χ4n) is 4.40. The predicted octanol–water partition coefficient (Wildman–Crippen LogP) is 5.55. The highest BCUT2D eigenvalue weighted by Crippen LogP contribution is 2.35. The van der Waals surface area contributed by atoms with Gasteiger partial charge in [-0.05, 0) is 56.5 Å². The SMILES string of the molecule is C/C=C(\C=N)Cn1cc(C(C)=O)c(=O)c2cc(Cl)c(N3CCCC3COc3ncccc3Cl)cc21. The minimum Gasteiger partial charge on any atom is -0.474 e. The van der Waals surface area contributed by atoms with Crippen molar-refractivity contribution in [2.24, 2.45) is 0 Å². The summed E-state index contributed by atoms with van der Waals surface area (Å²) in [6.07, 6.45) is 8.18. The highest BCUT2D eigenvalue weighted by Gasteiger charge is 2.28. The van der Waals surface area contributed by atoms with Gasteiger partial charge in [-0.25, -0.2) is 4.98 Å². The molecule has 182 valence electrons. The van der Waals surface area contributed by atoms with E-state index in [1.54, 1.807) is 30.6 Å². The number of ketones is 1. The maximum atomic E-state index is 13.1. The number of anilines is 1. The fraction of sp³-hybridized carbons (Fsp3) is 0.308. The number of allylic oxidation sites excluding steroid dienone is 2. The Kier molecular flexibility index (Phi) is 7.57. The van der Waals surface area contributed by atoms with Gasteiger partial charge in [-0.1, -0.05) is 29.3 Å². The third-order valence-corrected chi connectivity index (χ3v) is 6.85. The molecule has 1 aromatic carbocycles. The van der Waals surface area contributed by atoms with E-state index >= 15 is 0 Å². The van der Waals surface area contributed by atoms with Crippen LogP contribution in [0.1, 0.15) is 37.0 Å². The molecule has 1 saturated heterocycles. The van der Waals surface area contributed by atoms with E-state index in [1.807, 2.05) is 23.6 Å². The van der Waals surface area contributed by atoms with Gasteiger partial charge < -0.3 is 19.6 Å². The molecule has 4 rings (SSSR count). The number of Topliss-reactive ketones (excluding diaryl/α,β-unsaturated/α-hetero) is 1. The molecule has 0 spiro atoms. The molecule has 9 heteroatoms. The van der Waals surface area contributed by atoms with Gasteiger partial charge in [-0.15, -0.1) is 0 Å². The number of carbonyl (C=O) groups is 1. The Morgan fingerprint density at radius 3 is 2.80 bits per heavy atom. The van der Waals surface area contributed by atoms with E-state index in [4.69, 9.17) is 33.3 Å². The second kappa shape index (κ2) is 10.6. The third kappa shape index (κ3) is 5.11. The van der Waals surface area contributed by atoms with Crippen LogP contribution in [0.5, 0.6) is 5.88 Å². The molecule has 3 aromatic rings. The normalized spacial score (nSPS) is 16.1. The Bertz CT molecular complexity index is 1380. The average Bonchev–Trinajstić information content (AvgIpc) is 3.31. The van der Waals surface area contributed by atoms with Gasteiger partial charge in [-0.3, -0.25) is 9.59 Å². The summed E-state index contributed by atoms with van der Waals surface area (Å²) < 4.78 is 7.75. The first-order valence-electron chi connectivity index (χ1n) is 11.4. The lowest BCUT2D eigenvalue weighted by molar-refractivity contribution is 0.101. The summed E-state index contributed by atoms with van der Waals surface area (Å²) in [7, 11) is 0. The first-order chi connectivity index (χ1) is 16.8. The molecule has 0 bridgehead atoms. The lowest BCUT2D eigenvalue weighted by Crippen LogP contribution is -2.34. The molecule has 7 nitrogen and oxygen atoms in total. The molecule has 1 aliphatic rings. The van der Waals surface area contributed by atoms with Crippen molar-refractivity contribution < 1.29 is 9.53 Å². The third-order valence-electron chi connectivity index (χ3n) is 6.26. The van der Waals surface area contributed by atoms with Crippen LogP contribution in [0, 0.1) is 5.41 Å². The Hall–Kier alpha value is -3.16. The highest BCUT2D eigenvalue weighted by molar-refractivity contribution is 6.34. The van der Waals surface area contributed by atoms with Crippen LogP contribution in [-0.4, -0.2) is 40.7 Å². The molecule has 0 aliphatic carbocycles. The minimum absolute atomic E-state index is 0.0485. The Balaban J connectivity index is 1.76. The number of hydrogen-bond acceptors (Lipinski definition) is 6. The molecule has 1 N–H and O–H groups in total. The fourth-order valence-corrected chi connectivity index (χ4v) is 4.85. The summed E-state index contributed by atoms with van der Waals surface area (Å²) in [4.78, 5) is 31.6. The number of pyridine rings is 2. The lowest BCUT2D eigenvalue weighted by atomic mass is 10.1. The van der Waals surface area contributed by atoms with Crippen molar-refractivity contribution in [2.45, 2.75) is 39.3 Å². The average molecular weight is 513 g/mol. The van der Waals surface area contributed by atoms with E-state index in [0.717, 1.165) is 30.6 Å². The van der Waals surface area contributed by atoms with Crippen LogP contribution >= 0.6 is 23.2 Å². The summed E-state index contributed by atoms with van der Waals surface area (Å²) in [5.41, 5.74) is 1.94. The molecule has 1 aliphatic heterocycles. The van der Waals surface area contributed by atoms with Crippen molar-refractivity contribution in [2.75, 3.05) is 18.1 Å². The molecule has 1 fully saturated rings. The smallest absolute Gasteiger partial charge is 0.232 e. The number of aromatic nitrogens is 2. The summed E-state index contributed by atoms with van der Waals surface area (Å²) >= 11 is 12.9. The minimum atomic E-state index is -0.347. The number of halogens is 2. The zero-order chi connectivity index (χ0) is 25.1. The van der Waals surface area contributed by atoms with Gasteiger partial charge in [0.2, 0.25) is 5.88 Å². The largest absolute Gasteiger partial charge is 0.474 e. The maximum Gasteiger partial charge on any atom is 0.232 e. The molecule has 35 heavy (non-hydrogen) atoms. The van der Waals surface area contributed by atoms with Crippen LogP contribution in [-0.2, 0) is 6.54 Å². The van der Waals surface area contributed by atoms with Crippen molar-refractivity contribution in [3.63, 3.8) is 0 Å². The summed E-state index contributed by atoms with van der Waals surface area (Å²) in [6.45, 7) is 4.74. The zero-order valence-electron chi connectivity index (χ0n) is 19.6. The topological polar surface area (TPSA) is 88.3 Å². The number of benzene rings is 1. The molecular weight excluding hydrogens is 487 g/mol. The quantitative estimate of drug-likeness (QED) is 0.315. The molecule has 0 amide bonds. The van der Waals surface area contributed by atoms with Gasteiger partial charge in [-0.2, -0.15) is 0 Å². The second-order valence-corrected chi connectivity index (χ2v) is 9.29. The van der Waals surface area contributed by atoms with Gasteiger partial charge in [0, 0.05) is 37.1 Å². The van der Waals surface area contributed by atoms with Gasteiger partial charge in [0.05, 0.1) is 27.8 Å². The van der Waals surface area contributed by atoms with Crippen molar-refractivity contribution >= 4 is 51.8 Å². The first kappa shape index (κ1) is 24.9. The van der Waals surface area contributed by atoms with E-state index in [0.29, 0.717) is 40.0 Å². The molecule has 1 atom stereocenters. The predicted molar refractivity (Wildman–Crippen MR) is 141 cm³/mol. The molecule has 2 aromatic heterocycles. The number of nitrogens with zero attached hydrogens (tertiary/aromatic N) is 3. The Morgan fingerprint density at radius 2 is 2.11 bits per heavy atom. The maximum absolute atomic E-state index is 13.1. The molecule has 1 unspecified atom stereocenters. The Morgan fingerprint density at radius 1 is 1.31 bits per heavy atom. The van der Waals surface area contributed by atoms with Gasteiger partial charge in [0.1, 0.15) is 11.6 Å². The molecule has 3 heterocycles. The van der Waals surface area contributed by atoms with Crippen molar-refractivity contribution in [1.29, 1.82) is 5.41 Å². The highest BCUT2D eigenvalue weighted by atomic mass is 35.5. The van der Waals surface area contributed by atoms with E-state index in [2.05, 4.69) is 9.88 Å². The number of fused-ring (bicyclic) bond motifs is 1. The summed E-state index contributed by atoms with van der Waals surface area (Å²) in [5.74, 6) is 0.0782. The monoisotopic (exact) mass is 512 g/mol.